The Balaban J connectivity index is 1.79. The van der Waals surface area contributed by atoms with Crippen LogP contribution in [0.15, 0.2) is 54.6 Å². The maximum atomic E-state index is 6.09. The predicted octanol–water partition coefficient (Wildman–Crippen LogP) is 4.83. The second-order valence-corrected chi connectivity index (χ2v) is 6.18. The predicted molar refractivity (Wildman–Crippen MR) is 93.6 cm³/mol. The van der Waals surface area contributed by atoms with E-state index in [4.69, 9.17) is 11.6 Å². The Kier molecular flexibility index (Phi) is 4.30. The van der Waals surface area contributed by atoms with Crippen molar-refractivity contribution in [1.82, 2.24) is 0 Å². The molecule has 2 N–H and O–H groups in total. The van der Waals surface area contributed by atoms with Crippen molar-refractivity contribution in [1.29, 1.82) is 0 Å². The topological polar surface area (TPSA) is 26.2 Å². The summed E-state index contributed by atoms with van der Waals surface area (Å²) in [6.07, 6.45) is 0. The average molecular weight is 312 g/mol. The van der Waals surface area contributed by atoms with Gasteiger partial charge in [0.2, 0.25) is 0 Å². The van der Waals surface area contributed by atoms with Gasteiger partial charge in [0.05, 0.1) is 6.54 Å². The van der Waals surface area contributed by atoms with Gasteiger partial charge in [0.15, 0.2) is 0 Å². The van der Waals surface area contributed by atoms with E-state index in [1.54, 1.807) is 0 Å². The fraction of sp³-hybridized carbons (Fsp3) is 0.211. The largest absolute Gasteiger partial charge is 0.274 e. The Bertz CT molecular complexity index is 784. The molecule has 0 aliphatic carbocycles. The first-order chi connectivity index (χ1) is 10.6. The number of aryl methyl sites for hydroxylation is 1. The van der Waals surface area contributed by atoms with Crippen LogP contribution in [-0.2, 0) is 0 Å². The quantitative estimate of drug-likeness (QED) is 0.733. The summed E-state index contributed by atoms with van der Waals surface area (Å²) in [6.45, 7) is 5.23. The number of anilines is 1. The molecule has 0 spiro atoms. The van der Waals surface area contributed by atoms with Crippen LogP contribution in [0.4, 0.5) is 5.82 Å². The van der Waals surface area contributed by atoms with Gasteiger partial charge in [-0.1, -0.05) is 48.9 Å². The molecule has 0 fully saturated rings. The van der Waals surface area contributed by atoms with E-state index in [1.165, 1.54) is 16.5 Å². The van der Waals surface area contributed by atoms with E-state index in [2.05, 4.69) is 60.5 Å². The van der Waals surface area contributed by atoms with Crippen molar-refractivity contribution in [2.24, 2.45) is 0 Å². The molecule has 0 aliphatic heterocycles. The maximum absolute atomic E-state index is 6.09. The molecular weight excluding hydrogens is 292 g/mol. The molecule has 0 aliphatic rings. The summed E-state index contributed by atoms with van der Waals surface area (Å²) in [5, 5.41) is 5.44. The van der Waals surface area contributed by atoms with Crippen LogP contribution >= 0.6 is 11.6 Å². The number of benzene rings is 2. The number of rotatable bonds is 4. The molecule has 0 saturated carbocycles. The van der Waals surface area contributed by atoms with Crippen molar-refractivity contribution in [3.63, 3.8) is 0 Å². The summed E-state index contributed by atoms with van der Waals surface area (Å²) in [4.78, 5) is 3.42. The molecule has 1 atom stereocenters. The van der Waals surface area contributed by atoms with Gasteiger partial charge in [0.25, 0.3) is 5.82 Å². The van der Waals surface area contributed by atoms with Gasteiger partial charge < -0.3 is 0 Å². The van der Waals surface area contributed by atoms with Gasteiger partial charge in [0.1, 0.15) is 5.52 Å². The summed E-state index contributed by atoms with van der Waals surface area (Å²) in [5.41, 5.74) is 3.64. The lowest BCUT2D eigenvalue weighted by atomic mass is 10.0. The minimum atomic E-state index is 0.449. The minimum absolute atomic E-state index is 0.449. The van der Waals surface area contributed by atoms with Gasteiger partial charge in [-0.2, -0.15) is 0 Å². The lowest BCUT2D eigenvalue weighted by Crippen LogP contribution is -2.18. The van der Waals surface area contributed by atoms with Crippen LogP contribution < -0.4 is 10.3 Å². The van der Waals surface area contributed by atoms with Crippen molar-refractivity contribution in [2.75, 3.05) is 11.9 Å². The second-order valence-electron chi connectivity index (χ2n) is 5.75. The fourth-order valence-corrected chi connectivity index (χ4v) is 2.87. The lowest BCUT2D eigenvalue weighted by Gasteiger charge is -2.10. The highest BCUT2D eigenvalue weighted by Gasteiger charge is 2.11. The SMILES string of the molecule is Cc1cc(NC[C@H](C)c2ccccc2)[nH+]c2cc(Cl)ccc12. The first-order valence-electron chi connectivity index (χ1n) is 7.54. The Labute approximate surface area is 136 Å². The summed E-state index contributed by atoms with van der Waals surface area (Å²) in [5.74, 6) is 1.47. The van der Waals surface area contributed by atoms with E-state index >= 15 is 0 Å². The number of halogens is 1. The maximum Gasteiger partial charge on any atom is 0.272 e. The van der Waals surface area contributed by atoms with Gasteiger partial charge >= 0.3 is 0 Å². The molecule has 1 aromatic heterocycles. The molecule has 0 amide bonds. The summed E-state index contributed by atoms with van der Waals surface area (Å²) < 4.78 is 0. The van der Waals surface area contributed by atoms with Crippen LogP contribution in [0, 0.1) is 6.92 Å². The van der Waals surface area contributed by atoms with Crippen LogP contribution in [0.1, 0.15) is 24.0 Å². The van der Waals surface area contributed by atoms with Gasteiger partial charge in [-0.15, -0.1) is 0 Å². The zero-order valence-corrected chi connectivity index (χ0v) is 13.6. The van der Waals surface area contributed by atoms with Crippen molar-refractivity contribution in [2.45, 2.75) is 19.8 Å². The van der Waals surface area contributed by atoms with Crippen molar-refractivity contribution < 1.29 is 4.98 Å². The first-order valence-corrected chi connectivity index (χ1v) is 7.92. The molecule has 22 heavy (non-hydrogen) atoms. The highest BCUT2D eigenvalue weighted by atomic mass is 35.5. The number of pyridine rings is 1. The van der Waals surface area contributed by atoms with Crippen LogP contribution in [0.3, 0.4) is 0 Å². The number of aromatic nitrogens is 1. The Morgan fingerprint density at radius 2 is 1.86 bits per heavy atom. The molecule has 112 valence electrons. The highest BCUT2D eigenvalue weighted by Crippen LogP contribution is 2.21. The third-order valence-corrected chi connectivity index (χ3v) is 4.24. The molecule has 0 radical (unpaired) electrons. The van der Waals surface area contributed by atoms with Crippen LogP contribution in [-0.4, -0.2) is 6.54 Å². The van der Waals surface area contributed by atoms with E-state index < -0.39 is 0 Å². The van der Waals surface area contributed by atoms with Crippen LogP contribution in [0.25, 0.3) is 10.9 Å². The van der Waals surface area contributed by atoms with Crippen LogP contribution in [0.2, 0.25) is 5.02 Å². The fourth-order valence-electron chi connectivity index (χ4n) is 2.70. The van der Waals surface area contributed by atoms with Gasteiger partial charge in [-0.05, 0) is 30.2 Å². The number of hydrogen-bond acceptors (Lipinski definition) is 1. The Hall–Kier alpha value is -2.06. The van der Waals surface area contributed by atoms with Gasteiger partial charge in [-0.3, -0.25) is 5.32 Å². The third kappa shape index (κ3) is 3.23. The van der Waals surface area contributed by atoms with E-state index in [1.807, 2.05) is 18.2 Å². The summed E-state index contributed by atoms with van der Waals surface area (Å²) in [7, 11) is 0. The van der Waals surface area contributed by atoms with Crippen molar-refractivity contribution in [3.8, 4) is 0 Å². The van der Waals surface area contributed by atoms with E-state index in [0.29, 0.717) is 5.92 Å². The number of nitrogens with one attached hydrogen (secondary N) is 2. The number of aromatic amines is 1. The normalized spacial score (nSPS) is 12.3. The summed E-state index contributed by atoms with van der Waals surface area (Å²) in [6, 6.07) is 18.6. The molecule has 3 rings (SSSR count). The molecular formula is C19H20ClN2+. The molecule has 3 heteroatoms. The van der Waals surface area contributed by atoms with E-state index in [0.717, 1.165) is 22.9 Å². The molecule has 2 nitrogen and oxygen atoms in total. The van der Waals surface area contributed by atoms with E-state index in [-0.39, 0.29) is 0 Å². The van der Waals surface area contributed by atoms with E-state index in [9.17, 15) is 0 Å². The molecule has 1 heterocycles. The van der Waals surface area contributed by atoms with Crippen molar-refractivity contribution >= 4 is 28.3 Å². The van der Waals surface area contributed by atoms with Gasteiger partial charge in [0, 0.05) is 28.5 Å². The molecule has 0 saturated heterocycles. The second kappa shape index (κ2) is 6.37. The monoisotopic (exact) mass is 311 g/mol. The zero-order chi connectivity index (χ0) is 15.5. The summed E-state index contributed by atoms with van der Waals surface area (Å²) >= 11 is 6.09. The minimum Gasteiger partial charge on any atom is -0.274 e. The Morgan fingerprint density at radius 1 is 1.09 bits per heavy atom. The zero-order valence-electron chi connectivity index (χ0n) is 12.9. The standard InChI is InChI=1S/C19H19ClN2/c1-13-10-19(22-18-11-16(20)8-9-17(13)18)21-12-14(2)15-6-4-3-5-7-15/h3-11,14H,12H2,1-2H3,(H,21,22)/p+1/t14-/m0/s1. The molecule has 0 bridgehead atoms. The number of H-pyrrole nitrogens is 1. The van der Waals surface area contributed by atoms with Crippen molar-refractivity contribution in [3.05, 3.63) is 70.7 Å². The highest BCUT2D eigenvalue weighted by molar-refractivity contribution is 6.31. The van der Waals surface area contributed by atoms with Crippen LogP contribution in [0.5, 0.6) is 0 Å². The number of fused-ring (bicyclic) bond motifs is 1. The number of hydrogen-bond donors (Lipinski definition) is 1. The molecule has 3 aromatic rings. The smallest absolute Gasteiger partial charge is 0.272 e. The first kappa shape index (κ1) is 14.9. The average Bonchev–Trinajstić information content (AvgIpc) is 2.53. The molecule has 0 unspecified atom stereocenters. The third-order valence-electron chi connectivity index (χ3n) is 4.00. The lowest BCUT2D eigenvalue weighted by molar-refractivity contribution is -0.327. The molecule has 2 aromatic carbocycles. The van der Waals surface area contributed by atoms with Gasteiger partial charge in [-0.25, -0.2) is 4.98 Å². The Morgan fingerprint density at radius 3 is 2.64 bits per heavy atom.